The third kappa shape index (κ3) is 6.25. The van der Waals surface area contributed by atoms with Gasteiger partial charge in [0.15, 0.2) is 0 Å². The predicted molar refractivity (Wildman–Crippen MR) is 214 cm³/mol. The molecule has 2 aromatic heterocycles. The van der Waals surface area contributed by atoms with E-state index in [2.05, 4.69) is 201 Å². The maximum Gasteiger partial charge on any atom is 0.138 e. The van der Waals surface area contributed by atoms with Gasteiger partial charge in [-0.2, -0.15) is 0 Å². The molecule has 0 aliphatic carbocycles. The van der Waals surface area contributed by atoms with Crippen LogP contribution < -0.4 is 0 Å². The minimum Gasteiger partial charge on any atom is -0.337 e. The number of imidazole rings is 2. The number of H-pyrrole nitrogens is 2. The van der Waals surface area contributed by atoms with Gasteiger partial charge in [0, 0.05) is 40.5 Å². The van der Waals surface area contributed by atoms with Crippen molar-refractivity contribution in [3.63, 3.8) is 0 Å². The third-order valence-corrected chi connectivity index (χ3v) is 9.72. The molecule has 0 saturated carbocycles. The zero-order chi connectivity index (χ0) is 32.5. The van der Waals surface area contributed by atoms with Crippen molar-refractivity contribution in [2.45, 2.75) is 0 Å². The average molecular weight is 843 g/mol. The van der Waals surface area contributed by atoms with Crippen LogP contribution in [0.15, 0.2) is 158 Å². The number of hydrogen-bond acceptors (Lipinski definition) is 2. The van der Waals surface area contributed by atoms with Gasteiger partial charge in [-0.1, -0.05) is 133 Å². The van der Waals surface area contributed by atoms with E-state index in [-0.39, 0.29) is 0 Å². The first kappa shape index (κ1) is 30.5. The van der Waals surface area contributed by atoms with Gasteiger partial charge in [-0.25, -0.2) is 9.97 Å². The van der Waals surface area contributed by atoms with Crippen LogP contribution in [0.3, 0.4) is 0 Å². The fraction of sp³-hybridized carbons (Fsp3) is 0. The minimum absolute atomic E-state index is 0.862. The van der Waals surface area contributed by atoms with Gasteiger partial charge < -0.3 is 9.97 Å². The first-order chi connectivity index (χ1) is 23.6. The Hall–Kier alpha value is -4.80. The van der Waals surface area contributed by atoms with Crippen LogP contribution in [0.2, 0.25) is 0 Å². The van der Waals surface area contributed by atoms with Crippen LogP contribution in [-0.2, 0) is 0 Å². The van der Waals surface area contributed by atoms with E-state index in [1.165, 1.54) is 7.14 Å². The van der Waals surface area contributed by atoms with Crippen molar-refractivity contribution in [2.24, 2.45) is 0 Å². The normalized spacial score (nSPS) is 11.1. The molecule has 0 unspecified atom stereocenters. The molecule has 8 rings (SSSR count). The van der Waals surface area contributed by atoms with Crippen molar-refractivity contribution in [3.8, 4) is 78.9 Å². The van der Waals surface area contributed by atoms with Crippen LogP contribution in [-0.4, -0.2) is 19.9 Å². The Bertz CT molecular complexity index is 2170. The first-order valence-corrected chi connectivity index (χ1v) is 17.8. The van der Waals surface area contributed by atoms with Gasteiger partial charge in [0.05, 0.1) is 22.8 Å². The highest BCUT2D eigenvalue weighted by molar-refractivity contribution is 14.1. The van der Waals surface area contributed by atoms with Gasteiger partial charge >= 0.3 is 0 Å². The van der Waals surface area contributed by atoms with E-state index < -0.39 is 0 Å². The van der Waals surface area contributed by atoms with E-state index in [0.29, 0.717) is 0 Å². The van der Waals surface area contributed by atoms with E-state index >= 15 is 0 Å². The number of rotatable bonds is 7. The molecule has 0 bridgehead atoms. The summed E-state index contributed by atoms with van der Waals surface area (Å²) in [7, 11) is 0. The van der Waals surface area contributed by atoms with Crippen molar-refractivity contribution in [2.75, 3.05) is 0 Å². The number of hydrogen-bond donors (Lipinski definition) is 2. The second kappa shape index (κ2) is 13.4. The van der Waals surface area contributed by atoms with Crippen LogP contribution in [0.4, 0.5) is 0 Å². The Morgan fingerprint density at radius 2 is 0.688 bits per heavy atom. The van der Waals surface area contributed by atoms with E-state index in [1.54, 1.807) is 0 Å². The molecule has 0 aliphatic rings. The van der Waals surface area contributed by atoms with Crippen molar-refractivity contribution in [3.05, 3.63) is 165 Å². The molecule has 4 nitrogen and oxygen atoms in total. The van der Waals surface area contributed by atoms with Gasteiger partial charge in [-0.05, 0) is 80.6 Å². The van der Waals surface area contributed by atoms with Crippen molar-refractivity contribution >= 4 is 45.2 Å². The average Bonchev–Trinajstić information content (AvgIpc) is 3.79. The molecule has 230 valence electrons. The Morgan fingerprint density at radius 1 is 0.333 bits per heavy atom. The van der Waals surface area contributed by atoms with E-state index in [1.807, 2.05) is 12.1 Å². The number of aromatic amines is 2. The van der Waals surface area contributed by atoms with Gasteiger partial charge in [0.1, 0.15) is 11.6 Å². The molecular formula is C42H28I2N4. The van der Waals surface area contributed by atoms with Crippen LogP contribution in [0.1, 0.15) is 0 Å². The molecule has 6 heteroatoms. The van der Waals surface area contributed by atoms with Crippen molar-refractivity contribution in [1.82, 2.24) is 19.9 Å². The molecule has 2 N–H and O–H groups in total. The van der Waals surface area contributed by atoms with Crippen LogP contribution in [0, 0.1) is 7.14 Å². The van der Waals surface area contributed by atoms with Crippen LogP contribution in [0.5, 0.6) is 0 Å². The molecule has 0 aliphatic heterocycles. The van der Waals surface area contributed by atoms with Crippen molar-refractivity contribution < 1.29 is 0 Å². The SMILES string of the molecule is Ic1cccc(-c2nc(-c3ccc(-c4ccc(-c5[nH]c(-c6cccc(I)c6)nc5-c5ccccc5)cc4)cc3)c(-c3ccccc3)[nH]2)c1. The summed E-state index contributed by atoms with van der Waals surface area (Å²) in [6, 6.07) is 55.0. The molecule has 2 heterocycles. The fourth-order valence-corrected chi connectivity index (χ4v) is 7.06. The van der Waals surface area contributed by atoms with E-state index in [9.17, 15) is 0 Å². The minimum atomic E-state index is 0.862. The maximum absolute atomic E-state index is 5.11. The molecule has 0 amide bonds. The van der Waals surface area contributed by atoms with Crippen LogP contribution >= 0.6 is 45.2 Å². The maximum atomic E-state index is 5.11. The van der Waals surface area contributed by atoms with E-state index in [0.717, 1.165) is 78.9 Å². The summed E-state index contributed by atoms with van der Waals surface area (Å²) < 4.78 is 2.35. The zero-order valence-electron chi connectivity index (χ0n) is 25.7. The fourth-order valence-electron chi connectivity index (χ4n) is 5.98. The first-order valence-electron chi connectivity index (χ1n) is 15.6. The number of aromatic nitrogens is 4. The molecule has 8 aromatic rings. The lowest BCUT2D eigenvalue weighted by atomic mass is 9.98. The highest BCUT2D eigenvalue weighted by atomic mass is 127. The Morgan fingerprint density at radius 3 is 1.15 bits per heavy atom. The molecule has 48 heavy (non-hydrogen) atoms. The van der Waals surface area contributed by atoms with Gasteiger partial charge in [-0.3, -0.25) is 0 Å². The smallest absolute Gasteiger partial charge is 0.138 e. The molecule has 0 atom stereocenters. The molecule has 0 spiro atoms. The monoisotopic (exact) mass is 842 g/mol. The quantitative estimate of drug-likeness (QED) is 0.157. The highest BCUT2D eigenvalue weighted by Gasteiger charge is 2.17. The Kier molecular flexibility index (Phi) is 8.50. The lowest BCUT2D eigenvalue weighted by Gasteiger charge is -2.08. The Balaban J connectivity index is 1.12. The summed E-state index contributed by atoms with van der Waals surface area (Å²) >= 11 is 4.69. The molecule has 0 saturated heterocycles. The summed E-state index contributed by atoms with van der Waals surface area (Å²) in [5.74, 6) is 1.72. The summed E-state index contributed by atoms with van der Waals surface area (Å²) in [5, 5.41) is 0. The highest BCUT2D eigenvalue weighted by Crippen LogP contribution is 2.36. The molecular weight excluding hydrogens is 814 g/mol. The van der Waals surface area contributed by atoms with E-state index in [4.69, 9.17) is 9.97 Å². The summed E-state index contributed by atoms with van der Waals surface area (Å²) in [6.45, 7) is 0. The number of nitrogens with zero attached hydrogens (tertiary/aromatic N) is 2. The van der Waals surface area contributed by atoms with Crippen LogP contribution in [0.25, 0.3) is 78.9 Å². The summed E-state index contributed by atoms with van der Waals surface area (Å²) in [4.78, 5) is 17.4. The van der Waals surface area contributed by atoms with Crippen molar-refractivity contribution in [1.29, 1.82) is 0 Å². The second-order valence-electron chi connectivity index (χ2n) is 11.5. The largest absolute Gasteiger partial charge is 0.337 e. The lowest BCUT2D eigenvalue weighted by Crippen LogP contribution is -1.86. The Labute approximate surface area is 306 Å². The predicted octanol–water partition coefficient (Wildman–Crippen LogP) is 12.0. The van der Waals surface area contributed by atoms with Gasteiger partial charge in [0.2, 0.25) is 0 Å². The molecule has 0 radical (unpaired) electrons. The number of nitrogens with one attached hydrogen (secondary N) is 2. The standard InChI is InChI=1S/C42H28I2N4/c43-35-15-7-13-33(25-35)41-45-37(29-9-3-1-4-10-29)39(47-41)31-21-17-27(18-22-31)28-19-23-32(24-20-28)40-38(30-11-5-2-6-12-30)46-42(48-40)34-14-8-16-36(44)26-34/h1-26H,(H,45,47)(H,46,48). The molecule has 6 aromatic carbocycles. The summed E-state index contributed by atoms with van der Waals surface area (Å²) in [5.41, 5.74) is 12.7. The lowest BCUT2D eigenvalue weighted by molar-refractivity contribution is 1.31. The number of benzene rings is 6. The second-order valence-corrected chi connectivity index (χ2v) is 14.0. The summed E-state index contributed by atoms with van der Waals surface area (Å²) in [6.07, 6.45) is 0. The number of halogens is 2. The molecule has 0 fully saturated rings. The van der Waals surface area contributed by atoms with Gasteiger partial charge in [0.25, 0.3) is 0 Å². The topological polar surface area (TPSA) is 57.4 Å². The third-order valence-electron chi connectivity index (χ3n) is 8.38. The zero-order valence-corrected chi connectivity index (χ0v) is 30.0. The van der Waals surface area contributed by atoms with Gasteiger partial charge in [-0.15, -0.1) is 0 Å².